The summed E-state index contributed by atoms with van der Waals surface area (Å²) in [6.07, 6.45) is 3.15. The number of aromatic nitrogens is 3. The maximum atomic E-state index is 13.1. The number of nitrogens with zero attached hydrogens (tertiary/aromatic N) is 2. The van der Waals surface area contributed by atoms with Crippen molar-refractivity contribution in [3.63, 3.8) is 0 Å². The molecule has 0 aromatic carbocycles. The fourth-order valence-corrected chi connectivity index (χ4v) is 3.30. The van der Waals surface area contributed by atoms with Crippen molar-refractivity contribution >= 4 is 28.6 Å². The molecule has 1 amide bonds. The van der Waals surface area contributed by atoms with E-state index in [1.165, 1.54) is 12.4 Å². The van der Waals surface area contributed by atoms with Gasteiger partial charge in [0.1, 0.15) is 0 Å². The molecular weight excluding hydrogens is 338 g/mol. The van der Waals surface area contributed by atoms with E-state index in [1.807, 2.05) is 0 Å². The third-order valence-corrected chi connectivity index (χ3v) is 4.78. The predicted molar refractivity (Wildman–Crippen MR) is 86.2 cm³/mol. The highest BCUT2D eigenvalue weighted by Crippen LogP contribution is 2.33. The Balaban J connectivity index is 1.56. The van der Waals surface area contributed by atoms with Crippen LogP contribution in [0.15, 0.2) is 28.4 Å². The van der Waals surface area contributed by atoms with Crippen molar-refractivity contribution in [3.8, 4) is 0 Å². The van der Waals surface area contributed by atoms with Crippen LogP contribution in [0.5, 0.6) is 0 Å². The summed E-state index contributed by atoms with van der Waals surface area (Å²) < 4.78 is 26.2. The maximum Gasteiger partial charge on any atom is 0.259 e. The van der Waals surface area contributed by atoms with Crippen LogP contribution in [-0.2, 0) is 4.79 Å². The van der Waals surface area contributed by atoms with Gasteiger partial charge in [0.15, 0.2) is 5.16 Å². The average Bonchev–Trinajstić information content (AvgIpc) is 2.55. The van der Waals surface area contributed by atoms with Gasteiger partial charge in [-0.05, 0) is 18.9 Å². The first-order chi connectivity index (χ1) is 11.4. The SMILES string of the molecule is O=C(CSc1nc2cnccc2c(=O)[nH]1)NC1CCC(F)(F)CC1. The van der Waals surface area contributed by atoms with E-state index in [0.29, 0.717) is 16.1 Å². The molecule has 0 radical (unpaired) electrons. The summed E-state index contributed by atoms with van der Waals surface area (Å²) in [5.74, 6) is -2.82. The lowest BCUT2D eigenvalue weighted by atomic mass is 9.92. The van der Waals surface area contributed by atoms with Crippen molar-refractivity contribution in [3.05, 3.63) is 28.8 Å². The van der Waals surface area contributed by atoms with Crippen LogP contribution in [0.4, 0.5) is 8.78 Å². The Labute approximate surface area is 140 Å². The van der Waals surface area contributed by atoms with E-state index < -0.39 is 5.92 Å². The van der Waals surface area contributed by atoms with Gasteiger partial charge in [0.2, 0.25) is 11.8 Å². The lowest BCUT2D eigenvalue weighted by molar-refractivity contribution is -0.120. The summed E-state index contributed by atoms with van der Waals surface area (Å²) in [5.41, 5.74) is 0.165. The zero-order valence-electron chi connectivity index (χ0n) is 12.7. The predicted octanol–water partition coefficient (Wildman–Crippen LogP) is 2.10. The quantitative estimate of drug-likeness (QED) is 0.649. The highest BCUT2D eigenvalue weighted by Gasteiger charge is 2.35. The highest BCUT2D eigenvalue weighted by atomic mass is 32.2. The number of pyridine rings is 1. The van der Waals surface area contributed by atoms with E-state index in [9.17, 15) is 18.4 Å². The lowest BCUT2D eigenvalue weighted by Gasteiger charge is -2.28. The van der Waals surface area contributed by atoms with Crippen molar-refractivity contribution in [1.82, 2.24) is 20.3 Å². The number of hydrogen-bond acceptors (Lipinski definition) is 5. The van der Waals surface area contributed by atoms with Gasteiger partial charge in [-0.1, -0.05) is 11.8 Å². The highest BCUT2D eigenvalue weighted by molar-refractivity contribution is 7.99. The molecule has 0 unspecified atom stereocenters. The van der Waals surface area contributed by atoms with Gasteiger partial charge >= 0.3 is 0 Å². The molecule has 2 N–H and O–H groups in total. The molecule has 1 saturated carbocycles. The number of fused-ring (bicyclic) bond motifs is 1. The molecule has 0 atom stereocenters. The van der Waals surface area contributed by atoms with Crippen molar-refractivity contribution in [2.75, 3.05) is 5.75 Å². The van der Waals surface area contributed by atoms with Crippen LogP contribution in [0.3, 0.4) is 0 Å². The van der Waals surface area contributed by atoms with E-state index in [2.05, 4.69) is 20.3 Å². The normalized spacial score (nSPS) is 17.8. The van der Waals surface area contributed by atoms with E-state index in [-0.39, 0.29) is 48.9 Å². The third-order valence-electron chi connectivity index (χ3n) is 3.91. The molecule has 3 rings (SSSR count). The van der Waals surface area contributed by atoms with Gasteiger partial charge in [-0.3, -0.25) is 14.6 Å². The molecule has 0 aliphatic heterocycles. The number of halogens is 2. The molecule has 6 nitrogen and oxygen atoms in total. The number of carbonyl (C=O) groups excluding carboxylic acids is 1. The molecule has 0 saturated heterocycles. The van der Waals surface area contributed by atoms with E-state index >= 15 is 0 Å². The van der Waals surface area contributed by atoms with Crippen LogP contribution in [0.2, 0.25) is 0 Å². The molecule has 128 valence electrons. The summed E-state index contributed by atoms with van der Waals surface area (Å²) in [7, 11) is 0. The molecule has 2 heterocycles. The molecule has 1 aliphatic carbocycles. The Morgan fingerprint density at radius 2 is 2.17 bits per heavy atom. The van der Waals surface area contributed by atoms with Crippen LogP contribution in [0, 0.1) is 0 Å². The summed E-state index contributed by atoms with van der Waals surface area (Å²) in [6.45, 7) is 0. The third kappa shape index (κ3) is 4.08. The van der Waals surface area contributed by atoms with E-state index in [1.54, 1.807) is 6.07 Å². The van der Waals surface area contributed by atoms with Gasteiger partial charge in [0.05, 0.1) is 22.9 Å². The van der Waals surface area contributed by atoms with E-state index in [0.717, 1.165) is 11.8 Å². The van der Waals surface area contributed by atoms with Crippen LogP contribution in [0.25, 0.3) is 10.9 Å². The number of nitrogens with one attached hydrogen (secondary N) is 2. The molecule has 2 aromatic heterocycles. The number of hydrogen-bond donors (Lipinski definition) is 2. The number of H-pyrrole nitrogens is 1. The molecule has 0 bridgehead atoms. The van der Waals surface area contributed by atoms with Gasteiger partial charge < -0.3 is 10.3 Å². The zero-order valence-corrected chi connectivity index (χ0v) is 13.5. The van der Waals surface area contributed by atoms with Gasteiger partial charge in [-0.15, -0.1) is 0 Å². The van der Waals surface area contributed by atoms with E-state index in [4.69, 9.17) is 0 Å². The Morgan fingerprint density at radius 1 is 1.42 bits per heavy atom. The minimum atomic E-state index is -2.61. The number of amides is 1. The summed E-state index contributed by atoms with van der Waals surface area (Å²) in [6, 6.07) is 1.35. The zero-order chi connectivity index (χ0) is 17.2. The van der Waals surface area contributed by atoms with Crippen molar-refractivity contribution in [1.29, 1.82) is 0 Å². The molecule has 1 fully saturated rings. The number of rotatable bonds is 4. The molecule has 1 aliphatic rings. The Hall–Kier alpha value is -2.03. The molecule has 24 heavy (non-hydrogen) atoms. The minimum absolute atomic E-state index is 0.0571. The van der Waals surface area contributed by atoms with Gasteiger partial charge in [0, 0.05) is 25.1 Å². The topological polar surface area (TPSA) is 87.7 Å². The second-order valence-electron chi connectivity index (χ2n) is 5.75. The van der Waals surface area contributed by atoms with Crippen molar-refractivity contribution in [2.24, 2.45) is 0 Å². The van der Waals surface area contributed by atoms with Crippen LogP contribution >= 0.6 is 11.8 Å². The number of carbonyl (C=O) groups is 1. The second kappa shape index (κ2) is 6.84. The molecule has 2 aromatic rings. The van der Waals surface area contributed by atoms with Gasteiger partial charge in [0.25, 0.3) is 5.56 Å². The summed E-state index contributed by atoms with van der Waals surface area (Å²) in [5, 5.41) is 3.51. The average molecular weight is 354 g/mol. The molecular formula is C15H16F2N4O2S. The monoisotopic (exact) mass is 354 g/mol. The number of aromatic amines is 1. The smallest absolute Gasteiger partial charge is 0.259 e. The Bertz CT molecular complexity index is 801. The largest absolute Gasteiger partial charge is 0.353 e. The first-order valence-electron chi connectivity index (χ1n) is 7.57. The minimum Gasteiger partial charge on any atom is -0.353 e. The first-order valence-corrected chi connectivity index (χ1v) is 8.55. The summed E-state index contributed by atoms with van der Waals surface area (Å²) >= 11 is 1.09. The summed E-state index contributed by atoms with van der Waals surface area (Å²) in [4.78, 5) is 34.6. The lowest BCUT2D eigenvalue weighted by Crippen LogP contribution is -2.41. The molecule has 9 heteroatoms. The number of alkyl halides is 2. The maximum absolute atomic E-state index is 13.1. The van der Waals surface area contributed by atoms with Crippen molar-refractivity contribution < 1.29 is 13.6 Å². The Morgan fingerprint density at radius 3 is 2.92 bits per heavy atom. The van der Waals surface area contributed by atoms with Crippen molar-refractivity contribution in [2.45, 2.75) is 42.8 Å². The fourth-order valence-electron chi connectivity index (χ4n) is 2.63. The van der Waals surface area contributed by atoms with Crippen LogP contribution < -0.4 is 10.9 Å². The van der Waals surface area contributed by atoms with Gasteiger partial charge in [-0.2, -0.15) is 0 Å². The van der Waals surface area contributed by atoms with Crippen LogP contribution in [0.1, 0.15) is 25.7 Å². The fraction of sp³-hybridized carbons (Fsp3) is 0.467. The van der Waals surface area contributed by atoms with Crippen LogP contribution in [-0.4, -0.2) is 38.6 Å². The van der Waals surface area contributed by atoms with Gasteiger partial charge in [-0.25, -0.2) is 13.8 Å². The Kier molecular flexibility index (Phi) is 4.79. The standard InChI is InChI=1S/C15H16F2N4O2S/c16-15(17)4-1-9(2-5-15)19-12(22)8-24-14-20-11-7-18-6-3-10(11)13(23)21-14/h3,6-7,9H,1-2,4-5,8H2,(H,19,22)(H,20,21,23). The molecule has 0 spiro atoms. The second-order valence-corrected chi connectivity index (χ2v) is 6.71. The number of thioether (sulfide) groups is 1. The first kappa shape index (κ1) is 16.8.